The molecule has 1 saturated heterocycles. The first kappa shape index (κ1) is 7.05. The summed E-state index contributed by atoms with van der Waals surface area (Å²) in [5.41, 5.74) is 0. The van der Waals surface area contributed by atoms with Gasteiger partial charge in [-0.2, -0.15) is 0 Å². The SMILES string of the molecule is O=C(O)C[C@@H]1CCNC1=O. The lowest BCUT2D eigenvalue weighted by molar-refractivity contribution is -0.140. The van der Waals surface area contributed by atoms with E-state index < -0.39 is 5.97 Å². The highest BCUT2D eigenvalue weighted by atomic mass is 16.4. The molecule has 0 saturated carbocycles. The number of rotatable bonds is 2. The van der Waals surface area contributed by atoms with E-state index in [9.17, 15) is 9.59 Å². The van der Waals surface area contributed by atoms with Gasteiger partial charge in [0.05, 0.1) is 12.3 Å². The van der Waals surface area contributed by atoms with Gasteiger partial charge in [0, 0.05) is 6.54 Å². The summed E-state index contributed by atoms with van der Waals surface area (Å²) < 4.78 is 0. The molecule has 1 heterocycles. The molecule has 1 aliphatic heterocycles. The molecule has 56 valence electrons. The van der Waals surface area contributed by atoms with Gasteiger partial charge in [0.15, 0.2) is 0 Å². The number of amides is 1. The van der Waals surface area contributed by atoms with Crippen LogP contribution in [0, 0.1) is 5.92 Å². The van der Waals surface area contributed by atoms with Crippen LogP contribution in [0.4, 0.5) is 0 Å². The maximum atomic E-state index is 10.7. The highest BCUT2D eigenvalue weighted by Crippen LogP contribution is 2.12. The quantitative estimate of drug-likeness (QED) is 0.552. The number of aliphatic carboxylic acids is 1. The molecular formula is C6H9NO3. The van der Waals surface area contributed by atoms with Gasteiger partial charge in [0.2, 0.25) is 5.91 Å². The Morgan fingerprint density at radius 3 is 2.90 bits per heavy atom. The van der Waals surface area contributed by atoms with E-state index in [0.29, 0.717) is 13.0 Å². The van der Waals surface area contributed by atoms with Crippen LogP contribution < -0.4 is 5.32 Å². The Labute approximate surface area is 58.2 Å². The lowest BCUT2D eigenvalue weighted by Crippen LogP contribution is -2.20. The van der Waals surface area contributed by atoms with Crippen molar-refractivity contribution in [1.29, 1.82) is 0 Å². The zero-order valence-electron chi connectivity index (χ0n) is 5.46. The molecule has 4 heteroatoms. The fourth-order valence-corrected chi connectivity index (χ4v) is 1.05. The van der Waals surface area contributed by atoms with Gasteiger partial charge in [-0.1, -0.05) is 0 Å². The molecule has 1 aliphatic rings. The van der Waals surface area contributed by atoms with Gasteiger partial charge in [0.1, 0.15) is 0 Å². The molecule has 0 spiro atoms. The molecule has 0 aromatic heterocycles. The summed E-state index contributed by atoms with van der Waals surface area (Å²) in [4.78, 5) is 20.9. The summed E-state index contributed by atoms with van der Waals surface area (Å²) in [5, 5.41) is 10.9. The van der Waals surface area contributed by atoms with Gasteiger partial charge in [-0.3, -0.25) is 9.59 Å². The van der Waals surface area contributed by atoms with E-state index in [2.05, 4.69) is 5.32 Å². The van der Waals surface area contributed by atoms with E-state index in [1.165, 1.54) is 0 Å². The van der Waals surface area contributed by atoms with Crippen molar-refractivity contribution in [3.63, 3.8) is 0 Å². The number of hydrogen-bond donors (Lipinski definition) is 2. The van der Waals surface area contributed by atoms with Crippen LogP contribution in [0.2, 0.25) is 0 Å². The summed E-state index contributed by atoms with van der Waals surface area (Å²) in [6.07, 6.45) is 0.622. The Balaban J connectivity index is 2.40. The van der Waals surface area contributed by atoms with Crippen LogP contribution in [0.25, 0.3) is 0 Å². The molecule has 0 aromatic rings. The second-order valence-electron chi connectivity index (χ2n) is 2.37. The second kappa shape index (κ2) is 2.68. The monoisotopic (exact) mass is 143 g/mol. The second-order valence-corrected chi connectivity index (χ2v) is 2.37. The number of carbonyl (C=O) groups excluding carboxylic acids is 1. The third-order valence-electron chi connectivity index (χ3n) is 1.58. The zero-order chi connectivity index (χ0) is 7.56. The predicted octanol–water partition coefficient (Wildman–Crippen LogP) is -0.403. The Bertz CT molecular complexity index is 166. The summed E-state index contributed by atoms with van der Waals surface area (Å²) in [7, 11) is 0. The van der Waals surface area contributed by atoms with E-state index in [0.717, 1.165) is 0 Å². The van der Waals surface area contributed by atoms with E-state index in [1.54, 1.807) is 0 Å². The van der Waals surface area contributed by atoms with Crippen LogP contribution in [0.3, 0.4) is 0 Å². The first-order chi connectivity index (χ1) is 4.70. The Kier molecular flexibility index (Phi) is 1.89. The van der Waals surface area contributed by atoms with Crippen molar-refractivity contribution in [1.82, 2.24) is 5.32 Å². The Morgan fingerprint density at radius 2 is 2.50 bits per heavy atom. The van der Waals surface area contributed by atoms with Crippen LogP contribution in [0.5, 0.6) is 0 Å². The highest BCUT2D eigenvalue weighted by Gasteiger charge is 2.25. The van der Waals surface area contributed by atoms with Crippen molar-refractivity contribution in [2.24, 2.45) is 5.92 Å². The molecule has 1 amide bonds. The smallest absolute Gasteiger partial charge is 0.304 e. The van der Waals surface area contributed by atoms with Crippen LogP contribution in [-0.4, -0.2) is 23.5 Å². The molecule has 1 atom stereocenters. The van der Waals surface area contributed by atoms with E-state index in [4.69, 9.17) is 5.11 Å². The summed E-state index contributed by atoms with van der Waals surface area (Å²) >= 11 is 0. The minimum atomic E-state index is -0.901. The van der Waals surface area contributed by atoms with E-state index >= 15 is 0 Å². The first-order valence-electron chi connectivity index (χ1n) is 3.19. The molecule has 0 radical (unpaired) electrons. The summed E-state index contributed by atoms with van der Waals surface area (Å²) in [6, 6.07) is 0. The highest BCUT2D eigenvalue weighted by molar-refractivity contribution is 5.84. The molecule has 0 unspecified atom stereocenters. The average molecular weight is 143 g/mol. The lowest BCUT2D eigenvalue weighted by Gasteiger charge is -1.99. The molecule has 0 aliphatic carbocycles. The van der Waals surface area contributed by atoms with Crippen LogP contribution in [0.1, 0.15) is 12.8 Å². The average Bonchev–Trinajstić information content (AvgIpc) is 2.15. The zero-order valence-corrected chi connectivity index (χ0v) is 5.46. The van der Waals surface area contributed by atoms with E-state index in [-0.39, 0.29) is 18.2 Å². The Morgan fingerprint density at radius 1 is 1.80 bits per heavy atom. The van der Waals surface area contributed by atoms with Crippen molar-refractivity contribution in [3.8, 4) is 0 Å². The van der Waals surface area contributed by atoms with Gasteiger partial charge in [-0.25, -0.2) is 0 Å². The molecule has 1 rings (SSSR count). The molecule has 1 fully saturated rings. The third kappa shape index (κ3) is 1.46. The third-order valence-corrected chi connectivity index (χ3v) is 1.58. The molecular weight excluding hydrogens is 134 g/mol. The predicted molar refractivity (Wildman–Crippen MR) is 33.4 cm³/mol. The number of nitrogens with one attached hydrogen (secondary N) is 1. The van der Waals surface area contributed by atoms with Crippen molar-refractivity contribution < 1.29 is 14.7 Å². The number of hydrogen-bond acceptors (Lipinski definition) is 2. The number of carbonyl (C=O) groups is 2. The topological polar surface area (TPSA) is 66.4 Å². The summed E-state index contributed by atoms with van der Waals surface area (Å²) in [5.74, 6) is -1.32. The van der Waals surface area contributed by atoms with Gasteiger partial charge in [0.25, 0.3) is 0 Å². The molecule has 10 heavy (non-hydrogen) atoms. The van der Waals surface area contributed by atoms with Gasteiger partial charge >= 0.3 is 5.97 Å². The number of carboxylic acids is 1. The van der Waals surface area contributed by atoms with Crippen LogP contribution in [-0.2, 0) is 9.59 Å². The largest absolute Gasteiger partial charge is 0.481 e. The maximum absolute atomic E-state index is 10.7. The van der Waals surface area contributed by atoms with Crippen molar-refractivity contribution >= 4 is 11.9 Å². The Hall–Kier alpha value is -1.06. The molecule has 0 bridgehead atoms. The molecule has 4 nitrogen and oxygen atoms in total. The lowest BCUT2D eigenvalue weighted by atomic mass is 10.1. The van der Waals surface area contributed by atoms with Crippen molar-refractivity contribution in [3.05, 3.63) is 0 Å². The fourth-order valence-electron chi connectivity index (χ4n) is 1.05. The van der Waals surface area contributed by atoms with Gasteiger partial charge in [-0.05, 0) is 6.42 Å². The van der Waals surface area contributed by atoms with Gasteiger partial charge < -0.3 is 10.4 Å². The molecule has 0 aromatic carbocycles. The standard InChI is InChI=1S/C6H9NO3/c8-5(9)3-4-1-2-7-6(4)10/h4H,1-3H2,(H,7,10)(H,8,9)/t4-/m0/s1. The van der Waals surface area contributed by atoms with Crippen molar-refractivity contribution in [2.75, 3.05) is 6.54 Å². The number of carboxylic acid groups (broad SMARTS) is 1. The minimum Gasteiger partial charge on any atom is -0.481 e. The van der Waals surface area contributed by atoms with Crippen LogP contribution >= 0.6 is 0 Å². The van der Waals surface area contributed by atoms with E-state index in [1.807, 2.05) is 0 Å². The fraction of sp³-hybridized carbons (Fsp3) is 0.667. The maximum Gasteiger partial charge on any atom is 0.304 e. The minimum absolute atomic E-state index is 0.0359. The molecule has 2 N–H and O–H groups in total. The van der Waals surface area contributed by atoms with Crippen LogP contribution in [0.15, 0.2) is 0 Å². The normalized spacial score (nSPS) is 24.4. The van der Waals surface area contributed by atoms with Crippen molar-refractivity contribution in [2.45, 2.75) is 12.8 Å². The summed E-state index contributed by atoms with van der Waals surface area (Å²) in [6.45, 7) is 0.622. The first-order valence-corrected chi connectivity index (χ1v) is 3.19. The van der Waals surface area contributed by atoms with Gasteiger partial charge in [-0.15, -0.1) is 0 Å².